The van der Waals surface area contributed by atoms with Crippen molar-refractivity contribution in [1.29, 1.82) is 0 Å². The number of nitrogens with zero attached hydrogens (tertiary/aromatic N) is 1. The van der Waals surface area contributed by atoms with Gasteiger partial charge in [-0.2, -0.15) is 0 Å². The quantitative estimate of drug-likeness (QED) is 0.781. The monoisotopic (exact) mass is 331 g/mol. The van der Waals surface area contributed by atoms with Crippen molar-refractivity contribution < 1.29 is 18.8 Å². The van der Waals surface area contributed by atoms with E-state index in [4.69, 9.17) is 18.8 Å². The summed E-state index contributed by atoms with van der Waals surface area (Å²) in [6.07, 6.45) is 0.285. The number of ether oxygens (including phenoxy) is 2. The second-order valence-corrected chi connectivity index (χ2v) is 8.04. The second-order valence-electron chi connectivity index (χ2n) is 8.04. The first-order valence-electron chi connectivity index (χ1n) is 8.78. The third-order valence-corrected chi connectivity index (χ3v) is 5.72. The van der Waals surface area contributed by atoms with Crippen LogP contribution in [0, 0.1) is 0 Å². The topological polar surface area (TPSA) is 40.2 Å². The summed E-state index contributed by atoms with van der Waals surface area (Å²) in [7, 11) is -0.318. The molecule has 1 aromatic carbocycles. The van der Waals surface area contributed by atoms with Crippen LogP contribution < -0.4 is 10.2 Å². The van der Waals surface area contributed by atoms with Gasteiger partial charge in [0.15, 0.2) is 0 Å². The summed E-state index contributed by atoms with van der Waals surface area (Å²) in [6.45, 7) is 12.0. The van der Waals surface area contributed by atoms with Crippen LogP contribution in [0.4, 0.5) is 0 Å². The molecule has 0 spiro atoms. The Morgan fingerprint density at radius 1 is 1.00 bits per heavy atom. The van der Waals surface area contributed by atoms with E-state index in [9.17, 15) is 0 Å². The van der Waals surface area contributed by atoms with Gasteiger partial charge in [-0.05, 0) is 45.3 Å². The Kier molecular flexibility index (Phi) is 3.92. The van der Waals surface area contributed by atoms with Crippen LogP contribution in [0.2, 0.25) is 0 Å². The Labute approximate surface area is 144 Å². The molecule has 0 unspecified atom stereocenters. The Hall–Kier alpha value is -1.08. The maximum Gasteiger partial charge on any atom is 0.494 e. The van der Waals surface area contributed by atoms with E-state index in [1.807, 2.05) is 24.3 Å². The molecule has 3 saturated heterocycles. The third-order valence-electron chi connectivity index (χ3n) is 5.72. The van der Waals surface area contributed by atoms with Gasteiger partial charge < -0.3 is 18.8 Å². The molecule has 0 aliphatic carbocycles. The normalized spacial score (nSPS) is 26.9. The van der Waals surface area contributed by atoms with E-state index in [1.54, 1.807) is 0 Å². The van der Waals surface area contributed by atoms with Crippen molar-refractivity contribution in [3.63, 3.8) is 0 Å². The molecule has 130 valence electrons. The lowest BCUT2D eigenvalue weighted by Crippen LogP contribution is -2.62. The molecule has 1 aromatic rings. The van der Waals surface area contributed by atoms with Gasteiger partial charge in [-0.1, -0.05) is 12.1 Å². The van der Waals surface area contributed by atoms with Crippen molar-refractivity contribution >= 4 is 12.6 Å². The van der Waals surface area contributed by atoms with Crippen LogP contribution in [0.1, 0.15) is 27.7 Å². The summed E-state index contributed by atoms with van der Waals surface area (Å²) in [4.78, 5) is 2.42. The molecule has 24 heavy (non-hydrogen) atoms. The van der Waals surface area contributed by atoms with Crippen LogP contribution in [0.25, 0.3) is 0 Å². The minimum absolute atomic E-state index is 0.285. The second kappa shape index (κ2) is 5.73. The van der Waals surface area contributed by atoms with Crippen LogP contribution in [0.3, 0.4) is 0 Å². The molecular weight excluding hydrogens is 305 g/mol. The number of benzene rings is 1. The molecule has 4 rings (SSSR count). The Morgan fingerprint density at radius 3 is 2.08 bits per heavy atom. The molecule has 3 aliphatic rings. The van der Waals surface area contributed by atoms with Crippen LogP contribution in [0.5, 0.6) is 5.75 Å². The largest absolute Gasteiger partial charge is 0.494 e. The van der Waals surface area contributed by atoms with Crippen molar-refractivity contribution in [3.05, 3.63) is 24.3 Å². The maximum absolute atomic E-state index is 6.08. The van der Waals surface area contributed by atoms with Crippen molar-refractivity contribution in [2.45, 2.75) is 51.0 Å². The van der Waals surface area contributed by atoms with Crippen molar-refractivity contribution in [2.24, 2.45) is 0 Å². The lowest BCUT2D eigenvalue weighted by molar-refractivity contribution is -0.115. The van der Waals surface area contributed by atoms with E-state index >= 15 is 0 Å². The summed E-state index contributed by atoms with van der Waals surface area (Å²) in [5, 5.41) is 0. The van der Waals surface area contributed by atoms with Gasteiger partial charge in [0.1, 0.15) is 11.9 Å². The molecular formula is C18H26BNO4. The predicted molar refractivity (Wildman–Crippen MR) is 92.8 cm³/mol. The van der Waals surface area contributed by atoms with Gasteiger partial charge >= 0.3 is 7.12 Å². The Bertz CT molecular complexity index is 578. The zero-order valence-electron chi connectivity index (χ0n) is 15.0. The smallest absolute Gasteiger partial charge is 0.488 e. The standard InChI is InChI=1S/C18H26BNO4/c1-17(2)18(3,4)24-19(23-17)13-5-7-15(8-6-13)22-16-9-20(10-16)14-11-21-12-14/h5-8,14,16H,9-12H2,1-4H3. The minimum Gasteiger partial charge on any atom is -0.488 e. The molecule has 6 heteroatoms. The zero-order valence-corrected chi connectivity index (χ0v) is 15.0. The number of hydrogen-bond acceptors (Lipinski definition) is 5. The molecule has 0 saturated carbocycles. The summed E-state index contributed by atoms with van der Waals surface area (Å²) >= 11 is 0. The highest BCUT2D eigenvalue weighted by molar-refractivity contribution is 6.62. The lowest BCUT2D eigenvalue weighted by Gasteiger charge is -2.46. The summed E-state index contributed by atoms with van der Waals surface area (Å²) in [5.41, 5.74) is 0.406. The average molecular weight is 331 g/mol. The molecule has 5 nitrogen and oxygen atoms in total. The SMILES string of the molecule is CC1(C)OB(c2ccc(OC3CN(C4COC4)C3)cc2)OC1(C)C. The summed E-state index contributed by atoms with van der Waals surface area (Å²) < 4.78 is 23.4. The van der Waals surface area contributed by atoms with Gasteiger partial charge in [-0.25, -0.2) is 0 Å². The molecule has 3 fully saturated rings. The zero-order chi connectivity index (χ0) is 16.9. The van der Waals surface area contributed by atoms with Gasteiger partial charge in [-0.15, -0.1) is 0 Å². The van der Waals surface area contributed by atoms with E-state index in [0.717, 1.165) is 37.5 Å². The highest BCUT2D eigenvalue weighted by atomic mass is 16.7. The molecule has 3 aliphatic heterocycles. The number of likely N-dealkylation sites (tertiary alicyclic amines) is 1. The van der Waals surface area contributed by atoms with Crippen LogP contribution in [-0.2, 0) is 14.0 Å². The van der Waals surface area contributed by atoms with Crippen LogP contribution >= 0.6 is 0 Å². The average Bonchev–Trinajstić information content (AvgIpc) is 2.64. The van der Waals surface area contributed by atoms with E-state index in [-0.39, 0.29) is 24.4 Å². The van der Waals surface area contributed by atoms with Gasteiger partial charge in [0, 0.05) is 13.1 Å². The van der Waals surface area contributed by atoms with Crippen molar-refractivity contribution in [1.82, 2.24) is 4.90 Å². The fraction of sp³-hybridized carbons (Fsp3) is 0.667. The maximum atomic E-state index is 6.08. The van der Waals surface area contributed by atoms with E-state index < -0.39 is 0 Å². The predicted octanol–water partition coefficient (Wildman–Crippen LogP) is 1.45. The lowest BCUT2D eigenvalue weighted by atomic mass is 9.79. The molecule has 0 amide bonds. The fourth-order valence-electron chi connectivity index (χ4n) is 3.15. The third kappa shape index (κ3) is 2.86. The van der Waals surface area contributed by atoms with Gasteiger partial charge in [0.05, 0.1) is 30.5 Å². The van der Waals surface area contributed by atoms with Gasteiger partial charge in [0.2, 0.25) is 0 Å². The molecule has 0 bridgehead atoms. The molecule has 0 radical (unpaired) electrons. The van der Waals surface area contributed by atoms with Crippen LogP contribution in [0.15, 0.2) is 24.3 Å². The highest BCUT2D eigenvalue weighted by Gasteiger charge is 2.51. The van der Waals surface area contributed by atoms with Crippen LogP contribution in [-0.4, -0.2) is 61.7 Å². The van der Waals surface area contributed by atoms with E-state index in [1.165, 1.54) is 0 Å². The molecule has 0 N–H and O–H groups in total. The minimum atomic E-state index is -0.318. The van der Waals surface area contributed by atoms with E-state index in [0.29, 0.717) is 6.04 Å². The molecule has 0 aromatic heterocycles. The van der Waals surface area contributed by atoms with Crippen molar-refractivity contribution in [3.8, 4) is 5.75 Å². The van der Waals surface area contributed by atoms with Crippen molar-refractivity contribution in [2.75, 3.05) is 26.3 Å². The first-order chi connectivity index (χ1) is 11.3. The molecule has 3 heterocycles. The summed E-state index contributed by atoms with van der Waals surface area (Å²) in [5.74, 6) is 0.907. The molecule has 0 atom stereocenters. The first-order valence-corrected chi connectivity index (χ1v) is 8.78. The number of hydrogen-bond donors (Lipinski definition) is 0. The summed E-state index contributed by atoms with van der Waals surface area (Å²) in [6, 6.07) is 8.70. The first kappa shape index (κ1) is 16.4. The highest BCUT2D eigenvalue weighted by Crippen LogP contribution is 2.36. The number of rotatable bonds is 4. The van der Waals surface area contributed by atoms with Gasteiger partial charge in [-0.3, -0.25) is 4.90 Å². The van der Waals surface area contributed by atoms with Gasteiger partial charge in [0.25, 0.3) is 0 Å². The van der Waals surface area contributed by atoms with E-state index in [2.05, 4.69) is 32.6 Å². The Balaban J connectivity index is 1.32. The fourth-order valence-corrected chi connectivity index (χ4v) is 3.15. The Morgan fingerprint density at radius 2 is 1.58 bits per heavy atom.